The van der Waals surface area contributed by atoms with Crippen molar-refractivity contribution in [1.82, 2.24) is 14.9 Å². The van der Waals surface area contributed by atoms with Crippen molar-refractivity contribution < 1.29 is 17.9 Å². The molecule has 1 heterocycles. The number of carbonyl (C=O) groups is 1. The van der Waals surface area contributed by atoms with Crippen LogP contribution in [-0.4, -0.2) is 31.6 Å². The zero-order valence-electron chi connectivity index (χ0n) is 16.2. The number of ether oxygens (including phenoxy) is 1. The van der Waals surface area contributed by atoms with Gasteiger partial charge < -0.3 is 4.74 Å². The van der Waals surface area contributed by atoms with Crippen LogP contribution in [-0.2, 0) is 16.4 Å². The first-order valence-corrected chi connectivity index (χ1v) is 11.7. The maximum atomic E-state index is 12.9. The summed E-state index contributed by atoms with van der Waals surface area (Å²) in [5, 5.41) is 10.3. The third-order valence-electron chi connectivity index (χ3n) is 4.85. The Bertz CT molecular complexity index is 1160. The number of nitrogens with zero attached hydrogens (tertiary/aromatic N) is 2. The number of anilines is 1. The molecule has 1 aliphatic rings. The molecule has 2 aromatic carbocycles. The summed E-state index contributed by atoms with van der Waals surface area (Å²) in [6.45, 7) is 0. The monoisotopic (exact) mass is 444 g/mol. The van der Waals surface area contributed by atoms with E-state index in [9.17, 15) is 13.2 Å². The molecule has 1 amide bonds. The standard InChI is InChI=1S/C20H20N4O4S2/c1-28-15-10-11-16-14(12-15)8-5-9-17(16)24-30(26,27)20-23-22-19(29-20)21-18(25)13-6-3-2-4-7-13/h2-4,6-7,10-12,17,24H,5,8-9H2,1H3,(H,21,22,25)/t17-/m1/s1. The van der Waals surface area contributed by atoms with E-state index in [1.807, 2.05) is 18.2 Å². The number of hydrogen-bond acceptors (Lipinski definition) is 7. The smallest absolute Gasteiger partial charge is 0.270 e. The third-order valence-corrected chi connectivity index (χ3v) is 7.53. The van der Waals surface area contributed by atoms with Gasteiger partial charge in [-0.3, -0.25) is 10.1 Å². The highest BCUT2D eigenvalue weighted by Crippen LogP contribution is 2.33. The number of hydrogen-bond donors (Lipinski definition) is 2. The molecule has 4 rings (SSSR count). The number of aryl methyl sites for hydroxylation is 1. The molecule has 1 atom stereocenters. The van der Waals surface area contributed by atoms with Gasteiger partial charge in [-0.15, -0.1) is 10.2 Å². The average Bonchev–Trinajstić information content (AvgIpc) is 3.23. The summed E-state index contributed by atoms with van der Waals surface area (Å²) in [4.78, 5) is 12.2. The summed E-state index contributed by atoms with van der Waals surface area (Å²) >= 11 is 0.814. The van der Waals surface area contributed by atoms with Gasteiger partial charge in [0.2, 0.25) is 9.47 Å². The van der Waals surface area contributed by atoms with Crippen LogP contribution in [0.3, 0.4) is 0 Å². The Morgan fingerprint density at radius 2 is 1.97 bits per heavy atom. The minimum Gasteiger partial charge on any atom is -0.497 e. The van der Waals surface area contributed by atoms with Crippen LogP contribution >= 0.6 is 11.3 Å². The Balaban J connectivity index is 1.50. The molecule has 0 unspecified atom stereocenters. The third kappa shape index (κ3) is 4.35. The van der Waals surface area contributed by atoms with Crippen LogP contribution in [0.25, 0.3) is 0 Å². The van der Waals surface area contributed by atoms with Gasteiger partial charge in [-0.25, -0.2) is 13.1 Å². The Labute approximate surface area is 178 Å². The second-order valence-electron chi connectivity index (χ2n) is 6.82. The molecule has 156 valence electrons. The first-order valence-electron chi connectivity index (χ1n) is 9.35. The molecule has 1 aromatic heterocycles. The lowest BCUT2D eigenvalue weighted by Crippen LogP contribution is -2.31. The van der Waals surface area contributed by atoms with Crippen molar-refractivity contribution in [2.45, 2.75) is 29.6 Å². The second kappa shape index (κ2) is 8.50. The molecular weight excluding hydrogens is 424 g/mol. The van der Waals surface area contributed by atoms with Crippen LogP contribution < -0.4 is 14.8 Å². The molecule has 0 radical (unpaired) electrons. The van der Waals surface area contributed by atoms with E-state index in [0.29, 0.717) is 12.0 Å². The van der Waals surface area contributed by atoms with E-state index in [1.165, 1.54) is 0 Å². The first kappa shape index (κ1) is 20.5. The molecule has 30 heavy (non-hydrogen) atoms. The topological polar surface area (TPSA) is 110 Å². The van der Waals surface area contributed by atoms with Gasteiger partial charge in [0.1, 0.15) is 5.75 Å². The number of aromatic nitrogens is 2. The lowest BCUT2D eigenvalue weighted by atomic mass is 9.88. The SMILES string of the molecule is COc1ccc2c(c1)CCC[C@H]2NS(=O)(=O)c1nnc(NC(=O)c2ccccc2)s1. The van der Waals surface area contributed by atoms with Crippen molar-refractivity contribution in [1.29, 1.82) is 0 Å². The van der Waals surface area contributed by atoms with Crippen LogP contribution in [0.15, 0.2) is 52.9 Å². The fourth-order valence-electron chi connectivity index (χ4n) is 3.41. The lowest BCUT2D eigenvalue weighted by Gasteiger charge is -2.26. The van der Waals surface area contributed by atoms with Gasteiger partial charge in [-0.2, -0.15) is 0 Å². The number of nitrogens with one attached hydrogen (secondary N) is 2. The van der Waals surface area contributed by atoms with E-state index in [1.54, 1.807) is 37.4 Å². The number of rotatable bonds is 6. The summed E-state index contributed by atoms with van der Waals surface area (Å²) < 4.78 is 33.5. The maximum absolute atomic E-state index is 12.9. The molecule has 10 heteroatoms. The van der Waals surface area contributed by atoms with Crippen molar-refractivity contribution in [2.24, 2.45) is 0 Å². The van der Waals surface area contributed by atoms with Gasteiger partial charge in [-0.05, 0) is 54.7 Å². The second-order valence-corrected chi connectivity index (χ2v) is 9.69. The summed E-state index contributed by atoms with van der Waals surface area (Å²) in [5.74, 6) is 0.374. The Hall–Kier alpha value is -2.82. The molecule has 0 spiro atoms. The molecule has 0 bridgehead atoms. The number of amides is 1. The van der Waals surface area contributed by atoms with Crippen LogP contribution in [0, 0.1) is 0 Å². The molecule has 0 fully saturated rings. The molecular formula is C20H20N4O4S2. The Morgan fingerprint density at radius 3 is 2.73 bits per heavy atom. The number of carbonyl (C=O) groups excluding carboxylic acids is 1. The Kier molecular flexibility index (Phi) is 5.80. The normalized spacial score (nSPS) is 16.0. The van der Waals surface area contributed by atoms with E-state index in [0.717, 1.165) is 41.1 Å². The highest BCUT2D eigenvalue weighted by atomic mass is 32.2. The van der Waals surface area contributed by atoms with Crippen molar-refractivity contribution in [3.8, 4) is 5.75 Å². The predicted octanol–water partition coefficient (Wildman–Crippen LogP) is 3.15. The van der Waals surface area contributed by atoms with Crippen molar-refractivity contribution in [2.75, 3.05) is 12.4 Å². The molecule has 0 aliphatic heterocycles. The fraction of sp³-hybridized carbons (Fsp3) is 0.250. The zero-order valence-corrected chi connectivity index (χ0v) is 17.8. The zero-order chi connectivity index (χ0) is 21.1. The summed E-state index contributed by atoms with van der Waals surface area (Å²) in [5.41, 5.74) is 2.46. The number of benzene rings is 2. The Morgan fingerprint density at radius 1 is 1.17 bits per heavy atom. The van der Waals surface area contributed by atoms with Gasteiger partial charge in [0.25, 0.3) is 15.9 Å². The fourth-order valence-corrected chi connectivity index (χ4v) is 5.57. The molecule has 1 aliphatic carbocycles. The van der Waals surface area contributed by atoms with E-state index >= 15 is 0 Å². The van der Waals surface area contributed by atoms with Gasteiger partial charge >= 0.3 is 0 Å². The van der Waals surface area contributed by atoms with Crippen LogP contribution in [0.5, 0.6) is 5.75 Å². The first-order chi connectivity index (χ1) is 14.5. The summed E-state index contributed by atoms with van der Waals surface area (Å²) in [6.07, 6.45) is 2.43. The largest absolute Gasteiger partial charge is 0.497 e. The van der Waals surface area contributed by atoms with E-state index in [4.69, 9.17) is 4.74 Å². The maximum Gasteiger partial charge on any atom is 0.270 e. The minimum atomic E-state index is -3.89. The van der Waals surface area contributed by atoms with Gasteiger partial charge in [0, 0.05) is 11.6 Å². The van der Waals surface area contributed by atoms with Crippen LogP contribution in [0.1, 0.15) is 40.4 Å². The van der Waals surface area contributed by atoms with E-state index in [-0.39, 0.29) is 21.4 Å². The number of fused-ring (bicyclic) bond motifs is 1. The quantitative estimate of drug-likeness (QED) is 0.565. The average molecular weight is 445 g/mol. The van der Waals surface area contributed by atoms with E-state index < -0.39 is 10.0 Å². The van der Waals surface area contributed by atoms with Crippen molar-refractivity contribution in [3.63, 3.8) is 0 Å². The van der Waals surface area contributed by atoms with E-state index in [2.05, 4.69) is 20.2 Å². The highest BCUT2D eigenvalue weighted by Gasteiger charge is 2.28. The molecule has 2 N–H and O–H groups in total. The van der Waals surface area contributed by atoms with Gasteiger partial charge in [-0.1, -0.05) is 35.6 Å². The molecule has 8 nitrogen and oxygen atoms in total. The molecule has 0 saturated carbocycles. The predicted molar refractivity (Wildman–Crippen MR) is 113 cm³/mol. The molecule has 3 aromatic rings. The summed E-state index contributed by atoms with van der Waals surface area (Å²) in [6, 6.07) is 13.9. The minimum absolute atomic E-state index is 0.123. The van der Waals surface area contributed by atoms with Crippen molar-refractivity contribution in [3.05, 3.63) is 65.2 Å². The number of methoxy groups -OCH3 is 1. The van der Waals surface area contributed by atoms with Crippen molar-refractivity contribution >= 4 is 32.4 Å². The highest BCUT2D eigenvalue weighted by molar-refractivity contribution is 7.91. The van der Waals surface area contributed by atoms with Crippen LogP contribution in [0.2, 0.25) is 0 Å². The number of sulfonamides is 1. The lowest BCUT2D eigenvalue weighted by molar-refractivity contribution is 0.102. The van der Waals surface area contributed by atoms with Gasteiger partial charge in [0.05, 0.1) is 7.11 Å². The van der Waals surface area contributed by atoms with Gasteiger partial charge in [0.15, 0.2) is 0 Å². The summed E-state index contributed by atoms with van der Waals surface area (Å²) in [7, 11) is -2.28. The molecule has 0 saturated heterocycles. The van der Waals surface area contributed by atoms with Crippen LogP contribution in [0.4, 0.5) is 5.13 Å².